The summed E-state index contributed by atoms with van der Waals surface area (Å²) in [6, 6.07) is 6.09. The van der Waals surface area contributed by atoms with Gasteiger partial charge in [-0.25, -0.2) is 0 Å². The van der Waals surface area contributed by atoms with Crippen molar-refractivity contribution in [1.29, 1.82) is 0 Å². The van der Waals surface area contributed by atoms with Crippen molar-refractivity contribution in [2.75, 3.05) is 5.73 Å². The zero-order valence-corrected chi connectivity index (χ0v) is 10.4. The number of aryl methyl sites for hydroxylation is 1. The SMILES string of the molecule is CC.Nc1ccnc2ccc3c(c12)C=CCC3. The lowest BCUT2D eigenvalue weighted by molar-refractivity contribution is 0.989. The molecule has 1 aliphatic rings. The van der Waals surface area contributed by atoms with E-state index in [1.165, 1.54) is 11.1 Å². The third-order valence-corrected chi connectivity index (χ3v) is 2.94. The molecule has 0 amide bonds. The summed E-state index contributed by atoms with van der Waals surface area (Å²) in [5.74, 6) is 0. The van der Waals surface area contributed by atoms with E-state index >= 15 is 0 Å². The number of rotatable bonds is 0. The van der Waals surface area contributed by atoms with E-state index in [0.717, 1.165) is 29.4 Å². The Labute approximate surface area is 102 Å². The molecule has 2 nitrogen and oxygen atoms in total. The third-order valence-electron chi connectivity index (χ3n) is 2.94. The maximum Gasteiger partial charge on any atom is 0.0728 e. The second-order valence-corrected chi connectivity index (χ2v) is 3.87. The average molecular weight is 226 g/mol. The molecule has 0 radical (unpaired) electrons. The Morgan fingerprint density at radius 1 is 1.18 bits per heavy atom. The monoisotopic (exact) mass is 226 g/mol. The smallest absolute Gasteiger partial charge is 0.0728 e. The highest BCUT2D eigenvalue weighted by Gasteiger charge is 2.10. The largest absolute Gasteiger partial charge is 0.398 e. The fourth-order valence-electron chi connectivity index (χ4n) is 2.19. The number of fused-ring (bicyclic) bond motifs is 3. The topological polar surface area (TPSA) is 38.9 Å². The highest BCUT2D eigenvalue weighted by atomic mass is 14.7. The van der Waals surface area contributed by atoms with Crippen molar-refractivity contribution in [3.63, 3.8) is 0 Å². The predicted octanol–water partition coefficient (Wildman–Crippen LogP) is 3.80. The Balaban J connectivity index is 0.000000514. The van der Waals surface area contributed by atoms with Crippen LogP contribution in [-0.2, 0) is 6.42 Å². The molecule has 1 aromatic carbocycles. The Morgan fingerprint density at radius 2 is 2.00 bits per heavy atom. The van der Waals surface area contributed by atoms with Crippen molar-refractivity contribution in [3.05, 3.63) is 41.6 Å². The van der Waals surface area contributed by atoms with Gasteiger partial charge in [0.05, 0.1) is 5.52 Å². The number of nitrogens with two attached hydrogens (primary N) is 1. The second-order valence-electron chi connectivity index (χ2n) is 3.87. The Hall–Kier alpha value is -1.83. The highest BCUT2D eigenvalue weighted by Crippen LogP contribution is 2.30. The molecule has 0 bridgehead atoms. The van der Waals surface area contributed by atoms with Crippen molar-refractivity contribution in [2.45, 2.75) is 26.7 Å². The Morgan fingerprint density at radius 3 is 2.82 bits per heavy atom. The van der Waals surface area contributed by atoms with Crippen LogP contribution in [0.2, 0.25) is 0 Å². The molecular formula is C15H18N2. The lowest BCUT2D eigenvalue weighted by Crippen LogP contribution is -1.98. The molecule has 3 rings (SSSR count). The molecule has 1 aliphatic carbocycles. The lowest BCUT2D eigenvalue weighted by Gasteiger charge is -2.13. The summed E-state index contributed by atoms with van der Waals surface area (Å²) in [4.78, 5) is 4.34. The van der Waals surface area contributed by atoms with Crippen LogP contribution in [0.1, 0.15) is 31.4 Å². The summed E-state index contributed by atoms with van der Waals surface area (Å²) in [6.45, 7) is 4.00. The highest BCUT2D eigenvalue weighted by molar-refractivity contribution is 5.98. The molecule has 0 atom stereocenters. The van der Waals surface area contributed by atoms with Gasteiger partial charge < -0.3 is 5.73 Å². The molecule has 2 aromatic rings. The number of anilines is 1. The maximum absolute atomic E-state index is 6.01. The molecule has 1 aromatic heterocycles. The number of pyridine rings is 1. The fraction of sp³-hybridized carbons (Fsp3) is 0.267. The first-order chi connectivity index (χ1) is 8.36. The molecule has 88 valence electrons. The fourth-order valence-corrected chi connectivity index (χ4v) is 2.19. The van der Waals surface area contributed by atoms with Crippen LogP contribution < -0.4 is 5.73 Å². The van der Waals surface area contributed by atoms with Crippen LogP contribution in [-0.4, -0.2) is 4.98 Å². The van der Waals surface area contributed by atoms with Crippen LogP contribution in [0.5, 0.6) is 0 Å². The number of hydrogen-bond donors (Lipinski definition) is 1. The Kier molecular flexibility index (Phi) is 3.43. The zero-order valence-electron chi connectivity index (χ0n) is 10.4. The van der Waals surface area contributed by atoms with Crippen molar-refractivity contribution >= 4 is 22.7 Å². The van der Waals surface area contributed by atoms with Gasteiger partial charge in [0, 0.05) is 17.3 Å². The van der Waals surface area contributed by atoms with Crippen molar-refractivity contribution in [2.24, 2.45) is 0 Å². The summed E-state index contributed by atoms with van der Waals surface area (Å²) >= 11 is 0. The number of hydrogen-bond acceptors (Lipinski definition) is 2. The average Bonchev–Trinajstić information content (AvgIpc) is 2.41. The van der Waals surface area contributed by atoms with E-state index in [1.807, 2.05) is 19.9 Å². The number of nitrogen functional groups attached to an aromatic ring is 1. The molecule has 1 heterocycles. The standard InChI is InChI=1S/C13H12N2.C2H6/c14-11-7-8-15-12-6-5-9-3-1-2-4-10(9)13(11)12;1-2/h2,4-8H,1,3H2,(H2,14,15);1-2H3. The van der Waals surface area contributed by atoms with Crippen molar-refractivity contribution in [1.82, 2.24) is 4.98 Å². The number of nitrogens with zero attached hydrogens (tertiary/aromatic N) is 1. The third kappa shape index (κ3) is 2.03. The van der Waals surface area contributed by atoms with Gasteiger partial charge in [-0.15, -0.1) is 0 Å². The van der Waals surface area contributed by atoms with Crippen LogP contribution >= 0.6 is 0 Å². The van der Waals surface area contributed by atoms with Gasteiger partial charge >= 0.3 is 0 Å². The normalized spacial score (nSPS) is 12.8. The molecule has 0 aliphatic heterocycles. The first-order valence-corrected chi connectivity index (χ1v) is 6.19. The quantitative estimate of drug-likeness (QED) is 0.742. The molecule has 17 heavy (non-hydrogen) atoms. The van der Waals surface area contributed by atoms with Crippen molar-refractivity contribution < 1.29 is 0 Å². The van der Waals surface area contributed by atoms with Crippen LogP contribution in [0.3, 0.4) is 0 Å². The molecule has 0 saturated heterocycles. The van der Waals surface area contributed by atoms with E-state index in [2.05, 4.69) is 29.3 Å². The van der Waals surface area contributed by atoms with Crippen LogP contribution in [0, 0.1) is 0 Å². The Bertz CT molecular complexity index is 556. The van der Waals surface area contributed by atoms with E-state index in [-0.39, 0.29) is 0 Å². The molecular weight excluding hydrogens is 208 g/mol. The van der Waals surface area contributed by atoms with Crippen molar-refractivity contribution in [3.8, 4) is 0 Å². The molecule has 0 fully saturated rings. The van der Waals surface area contributed by atoms with Gasteiger partial charge in [-0.1, -0.05) is 32.1 Å². The van der Waals surface area contributed by atoms with Gasteiger partial charge in [-0.05, 0) is 36.1 Å². The van der Waals surface area contributed by atoms with Gasteiger partial charge in [0.25, 0.3) is 0 Å². The van der Waals surface area contributed by atoms with Gasteiger partial charge in [-0.3, -0.25) is 4.98 Å². The first-order valence-electron chi connectivity index (χ1n) is 6.19. The number of allylic oxidation sites excluding steroid dienone is 1. The molecule has 0 spiro atoms. The minimum absolute atomic E-state index is 0.823. The molecule has 2 N–H and O–H groups in total. The van der Waals surface area contributed by atoms with E-state index in [4.69, 9.17) is 5.73 Å². The van der Waals surface area contributed by atoms with Gasteiger partial charge in [0.2, 0.25) is 0 Å². The van der Waals surface area contributed by atoms with E-state index < -0.39 is 0 Å². The van der Waals surface area contributed by atoms with Gasteiger partial charge in [0.15, 0.2) is 0 Å². The summed E-state index contributed by atoms with van der Waals surface area (Å²) in [7, 11) is 0. The minimum Gasteiger partial charge on any atom is -0.398 e. The van der Waals surface area contributed by atoms with Crippen LogP contribution in [0.25, 0.3) is 17.0 Å². The predicted molar refractivity (Wildman–Crippen MR) is 74.9 cm³/mol. The number of benzene rings is 1. The zero-order chi connectivity index (χ0) is 12.3. The second kappa shape index (κ2) is 5.00. The van der Waals surface area contributed by atoms with E-state index in [9.17, 15) is 0 Å². The lowest BCUT2D eigenvalue weighted by atomic mass is 9.93. The first kappa shape index (κ1) is 11.6. The molecule has 0 unspecified atom stereocenters. The van der Waals surface area contributed by atoms with Crippen LogP contribution in [0.4, 0.5) is 5.69 Å². The summed E-state index contributed by atoms with van der Waals surface area (Å²) in [6.07, 6.45) is 8.36. The van der Waals surface area contributed by atoms with Gasteiger partial charge in [-0.2, -0.15) is 0 Å². The summed E-state index contributed by atoms with van der Waals surface area (Å²) in [5.41, 5.74) is 10.4. The van der Waals surface area contributed by atoms with E-state index in [1.54, 1.807) is 6.20 Å². The maximum atomic E-state index is 6.01. The molecule has 0 saturated carbocycles. The number of aromatic nitrogens is 1. The van der Waals surface area contributed by atoms with Crippen LogP contribution in [0.15, 0.2) is 30.5 Å². The summed E-state index contributed by atoms with van der Waals surface area (Å²) in [5, 5.41) is 1.10. The van der Waals surface area contributed by atoms with E-state index in [0.29, 0.717) is 0 Å². The van der Waals surface area contributed by atoms with Gasteiger partial charge in [0.1, 0.15) is 0 Å². The molecule has 2 heteroatoms. The summed E-state index contributed by atoms with van der Waals surface area (Å²) < 4.78 is 0. The minimum atomic E-state index is 0.823.